The number of nitrogens with zero attached hydrogens (tertiary/aromatic N) is 2. The third-order valence-corrected chi connectivity index (χ3v) is 5.46. The highest BCUT2D eigenvalue weighted by Crippen LogP contribution is 2.49. The highest BCUT2D eigenvalue weighted by molar-refractivity contribution is 5.87. The van der Waals surface area contributed by atoms with Crippen molar-refractivity contribution in [2.24, 2.45) is 17.8 Å². The van der Waals surface area contributed by atoms with Crippen molar-refractivity contribution in [3.63, 3.8) is 0 Å². The minimum atomic E-state index is -0.527. The summed E-state index contributed by atoms with van der Waals surface area (Å²) in [6.45, 7) is 9.97. The molecule has 0 spiro atoms. The van der Waals surface area contributed by atoms with Crippen molar-refractivity contribution in [3.8, 4) is 0 Å². The first kappa shape index (κ1) is 15.5. The normalized spacial score (nSPS) is 25.6. The van der Waals surface area contributed by atoms with E-state index in [4.69, 9.17) is 0 Å². The Morgan fingerprint density at radius 1 is 1.21 bits per heavy atom. The quantitative estimate of drug-likeness (QED) is 0.907. The van der Waals surface area contributed by atoms with Crippen LogP contribution in [0.15, 0.2) is 18.2 Å². The number of para-hydroxylation sites is 1. The Hall–Kier alpha value is -2.01. The van der Waals surface area contributed by atoms with Crippen LogP contribution in [-0.2, 0) is 10.3 Å². The van der Waals surface area contributed by atoms with Gasteiger partial charge in [0, 0.05) is 11.3 Å². The van der Waals surface area contributed by atoms with Crippen LogP contribution >= 0.6 is 0 Å². The van der Waals surface area contributed by atoms with E-state index in [2.05, 4.69) is 33.6 Å². The molecular weight excluding hydrogens is 300 g/mol. The van der Waals surface area contributed by atoms with Gasteiger partial charge < -0.3 is 10.6 Å². The zero-order valence-electron chi connectivity index (χ0n) is 14.7. The van der Waals surface area contributed by atoms with Crippen LogP contribution in [0, 0.1) is 31.6 Å². The molecule has 1 aromatic heterocycles. The van der Waals surface area contributed by atoms with Crippen molar-refractivity contribution in [2.75, 3.05) is 13.1 Å². The molecule has 1 aliphatic heterocycles. The summed E-state index contributed by atoms with van der Waals surface area (Å²) in [5.41, 5.74) is 2.46. The standard InChI is InChI=1S/C19H24N4O/c1-10-6-5-7-12-16(10)21-11(2)22-17(12)19(3,4)23-18(24)15-13-8-20-9-14(13)15/h5-7,13-15,20H,8-9H2,1-4H3,(H,23,24). The number of amides is 1. The van der Waals surface area contributed by atoms with Gasteiger partial charge in [0.05, 0.1) is 16.7 Å². The van der Waals surface area contributed by atoms with Gasteiger partial charge in [-0.25, -0.2) is 9.97 Å². The van der Waals surface area contributed by atoms with Gasteiger partial charge in [-0.15, -0.1) is 0 Å². The number of hydrogen-bond acceptors (Lipinski definition) is 4. The molecule has 2 fully saturated rings. The first-order valence-corrected chi connectivity index (χ1v) is 8.65. The zero-order chi connectivity index (χ0) is 17.1. The summed E-state index contributed by atoms with van der Waals surface area (Å²) < 4.78 is 0. The Balaban J connectivity index is 1.68. The topological polar surface area (TPSA) is 66.9 Å². The van der Waals surface area contributed by atoms with Gasteiger partial charge in [-0.2, -0.15) is 0 Å². The van der Waals surface area contributed by atoms with Crippen LogP contribution in [0.5, 0.6) is 0 Å². The van der Waals surface area contributed by atoms with Crippen LogP contribution in [0.4, 0.5) is 0 Å². The lowest BCUT2D eigenvalue weighted by Crippen LogP contribution is -2.44. The predicted molar refractivity (Wildman–Crippen MR) is 93.5 cm³/mol. The summed E-state index contributed by atoms with van der Waals surface area (Å²) in [4.78, 5) is 22.0. The molecule has 5 nitrogen and oxygen atoms in total. The summed E-state index contributed by atoms with van der Waals surface area (Å²) in [5, 5.41) is 7.60. The molecule has 0 bridgehead atoms. The number of carbonyl (C=O) groups is 1. The zero-order valence-corrected chi connectivity index (χ0v) is 14.7. The van der Waals surface area contributed by atoms with E-state index in [1.54, 1.807) is 0 Å². The molecule has 5 heteroatoms. The SMILES string of the molecule is Cc1nc(C(C)(C)NC(=O)C2C3CNCC32)c2cccc(C)c2n1. The van der Waals surface area contributed by atoms with E-state index in [0.29, 0.717) is 11.8 Å². The number of nitrogens with one attached hydrogen (secondary N) is 2. The average molecular weight is 324 g/mol. The fourth-order valence-electron chi connectivity index (χ4n) is 4.14. The lowest BCUT2D eigenvalue weighted by atomic mass is 9.94. The van der Waals surface area contributed by atoms with Crippen LogP contribution in [-0.4, -0.2) is 29.0 Å². The lowest BCUT2D eigenvalue weighted by Gasteiger charge is -2.28. The number of piperidine rings is 1. The van der Waals surface area contributed by atoms with Gasteiger partial charge in [0.2, 0.25) is 5.91 Å². The van der Waals surface area contributed by atoms with E-state index in [9.17, 15) is 4.79 Å². The molecule has 2 heterocycles. The molecule has 1 amide bonds. The molecule has 2 unspecified atom stereocenters. The predicted octanol–water partition coefficient (Wildman–Crippen LogP) is 2.06. The summed E-state index contributed by atoms with van der Waals surface area (Å²) >= 11 is 0. The van der Waals surface area contributed by atoms with Gasteiger partial charge in [0.25, 0.3) is 0 Å². The molecule has 2 aliphatic rings. The smallest absolute Gasteiger partial charge is 0.224 e. The van der Waals surface area contributed by atoms with Crippen molar-refractivity contribution < 1.29 is 4.79 Å². The van der Waals surface area contributed by atoms with Crippen LogP contribution in [0.2, 0.25) is 0 Å². The Morgan fingerprint density at radius 3 is 2.62 bits per heavy atom. The number of rotatable bonds is 3. The van der Waals surface area contributed by atoms with Crippen molar-refractivity contribution in [2.45, 2.75) is 33.2 Å². The first-order chi connectivity index (χ1) is 11.4. The van der Waals surface area contributed by atoms with Crippen LogP contribution in [0.3, 0.4) is 0 Å². The van der Waals surface area contributed by atoms with E-state index in [1.807, 2.05) is 32.9 Å². The summed E-state index contributed by atoms with van der Waals surface area (Å²) in [6.07, 6.45) is 0. The summed E-state index contributed by atoms with van der Waals surface area (Å²) in [6, 6.07) is 6.12. The minimum absolute atomic E-state index is 0.161. The lowest BCUT2D eigenvalue weighted by molar-refractivity contribution is -0.124. The van der Waals surface area contributed by atoms with E-state index in [-0.39, 0.29) is 11.8 Å². The number of carbonyl (C=O) groups excluding carboxylic acids is 1. The largest absolute Gasteiger partial charge is 0.345 e. The molecule has 2 atom stereocenters. The highest BCUT2D eigenvalue weighted by Gasteiger charge is 2.57. The molecule has 1 saturated carbocycles. The Labute approximate surface area is 142 Å². The second kappa shape index (κ2) is 5.24. The molecule has 1 aromatic carbocycles. The van der Waals surface area contributed by atoms with Gasteiger partial charge in [0.1, 0.15) is 5.82 Å². The molecule has 2 aromatic rings. The molecule has 24 heavy (non-hydrogen) atoms. The molecule has 126 valence electrons. The van der Waals surface area contributed by atoms with Crippen LogP contribution in [0.1, 0.15) is 30.9 Å². The van der Waals surface area contributed by atoms with Crippen molar-refractivity contribution in [1.82, 2.24) is 20.6 Å². The number of benzene rings is 1. The van der Waals surface area contributed by atoms with E-state index in [1.165, 1.54) is 0 Å². The monoisotopic (exact) mass is 324 g/mol. The molecule has 2 N–H and O–H groups in total. The van der Waals surface area contributed by atoms with Crippen molar-refractivity contribution >= 4 is 16.8 Å². The third kappa shape index (κ3) is 2.38. The van der Waals surface area contributed by atoms with Crippen LogP contribution < -0.4 is 10.6 Å². The molecule has 4 rings (SSSR count). The van der Waals surface area contributed by atoms with Crippen molar-refractivity contribution in [1.29, 1.82) is 0 Å². The molecule has 1 aliphatic carbocycles. The van der Waals surface area contributed by atoms with Crippen LogP contribution in [0.25, 0.3) is 10.9 Å². The Bertz CT molecular complexity index is 819. The van der Waals surface area contributed by atoms with Gasteiger partial charge in [-0.05, 0) is 58.2 Å². The number of aryl methyl sites for hydroxylation is 2. The van der Waals surface area contributed by atoms with Gasteiger partial charge in [-0.1, -0.05) is 18.2 Å². The molecule has 1 saturated heterocycles. The first-order valence-electron chi connectivity index (χ1n) is 8.65. The van der Waals surface area contributed by atoms with Gasteiger partial charge in [0.15, 0.2) is 0 Å². The average Bonchev–Trinajstić information content (AvgIpc) is 3.01. The second-order valence-electron chi connectivity index (χ2n) is 7.72. The maximum absolute atomic E-state index is 12.7. The molecular formula is C19H24N4O. The van der Waals surface area contributed by atoms with Gasteiger partial charge >= 0.3 is 0 Å². The molecule has 0 radical (unpaired) electrons. The van der Waals surface area contributed by atoms with E-state index >= 15 is 0 Å². The fraction of sp³-hybridized carbons (Fsp3) is 0.526. The third-order valence-electron chi connectivity index (χ3n) is 5.46. The Morgan fingerprint density at radius 2 is 1.92 bits per heavy atom. The summed E-state index contributed by atoms with van der Waals surface area (Å²) in [7, 11) is 0. The van der Waals surface area contributed by atoms with E-state index in [0.717, 1.165) is 41.1 Å². The fourth-order valence-corrected chi connectivity index (χ4v) is 4.14. The number of aromatic nitrogens is 2. The Kier molecular flexibility index (Phi) is 3.39. The maximum Gasteiger partial charge on any atom is 0.224 e. The number of fused-ring (bicyclic) bond motifs is 2. The van der Waals surface area contributed by atoms with Crippen molar-refractivity contribution in [3.05, 3.63) is 35.3 Å². The van der Waals surface area contributed by atoms with E-state index < -0.39 is 5.54 Å². The minimum Gasteiger partial charge on any atom is -0.345 e. The summed E-state index contributed by atoms with van der Waals surface area (Å²) in [5.74, 6) is 2.11. The number of hydrogen-bond donors (Lipinski definition) is 2. The maximum atomic E-state index is 12.7. The van der Waals surface area contributed by atoms with Gasteiger partial charge in [-0.3, -0.25) is 4.79 Å². The second-order valence-corrected chi connectivity index (χ2v) is 7.72. The highest BCUT2D eigenvalue weighted by atomic mass is 16.2.